The molecule has 1 aliphatic heterocycles. The van der Waals surface area contributed by atoms with Crippen molar-refractivity contribution in [3.05, 3.63) is 0 Å². The van der Waals surface area contributed by atoms with Gasteiger partial charge in [-0.1, -0.05) is 13.8 Å². The Morgan fingerprint density at radius 2 is 2.00 bits per heavy atom. The molecule has 0 amide bonds. The highest BCUT2D eigenvalue weighted by molar-refractivity contribution is 4.92. The maximum absolute atomic E-state index is 9.87. The maximum Gasteiger partial charge on any atom is 0.0694 e. The molecule has 2 nitrogen and oxygen atoms in total. The van der Waals surface area contributed by atoms with Gasteiger partial charge in [0.15, 0.2) is 0 Å². The summed E-state index contributed by atoms with van der Waals surface area (Å²) in [6, 6.07) is 0. The third-order valence-corrected chi connectivity index (χ3v) is 2.78. The van der Waals surface area contributed by atoms with Crippen molar-refractivity contribution >= 4 is 0 Å². The first kappa shape index (κ1) is 8.02. The van der Waals surface area contributed by atoms with E-state index in [9.17, 15) is 5.11 Å². The van der Waals surface area contributed by atoms with E-state index in [0.717, 1.165) is 13.1 Å². The van der Waals surface area contributed by atoms with Gasteiger partial charge in [0.25, 0.3) is 0 Å². The Morgan fingerprint density at radius 3 is 2.10 bits per heavy atom. The van der Waals surface area contributed by atoms with Crippen molar-refractivity contribution in [2.45, 2.75) is 26.4 Å². The number of aliphatic hydroxyl groups is 1. The first-order valence-electron chi connectivity index (χ1n) is 3.98. The second-order valence-electron chi connectivity index (χ2n) is 3.74. The first-order valence-corrected chi connectivity index (χ1v) is 3.98. The molecule has 0 aliphatic carbocycles. The van der Waals surface area contributed by atoms with Gasteiger partial charge in [0.05, 0.1) is 5.60 Å². The van der Waals surface area contributed by atoms with Gasteiger partial charge in [0, 0.05) is 19.0 Å². The van der Waals surface area contributed by atoms with Crippen molar-refractivity contribution < 1.29 is 5.11 Å². The van der Waals surface area contributed by atoms with Gasteiger partial charge >= 0.3 is 0 Å². The van der Waals surface area contributed by atoms with Gasteiger partial charge in [-0.2, -0.15) is 0 Å². The quantitative estimate of drug-likeness (QED) is 0.593. The molecule has 1 fully saturated rings. The molecule has 10 heavy (non-hydrogen) atoms. The molecule has 0 bridgehead atoms. The van der Waals surface area contributed by atoms with Crippen LogP contribution in [0.15, 0.2) is 0 Å². The van der Waals surface area contributed by atoms with Crippen LogP contribution in [0, 0.1) is 11.8 Å². The fourth-order valence-corrected chi connectivity index (χ4v) is 1.17. The summed E-state index contributed by atoms with van der Waals surface area (Å²) in [5.74, 6) is 0.826. The molecule has 0 radical (unpaired) electrons. The van der Waals surface area contributed by atoms with Gasteiger partial charge in [-0.05, 0) is 12.8 Å². The highest BCUT2D eigenvalue weighted by Crippen LogP contribution is 2.28. The Morgan fingerprint density at radius 1 is 1.50 bits per heavy atom. The van der Waals surface area contributed by atoms with E-state index in [1.165, 1.54) is 0 Å². The van der Waals surface area contributed by atoms with Crippen LogP contribution in [0.5, 0.6) is 0 Å². The van der Waals surface area contributed by atoms with Crippen molar-refractivity contribution in [2.24, 2.45) is 11.8 Å². The zero-order chi connectivity index (χ0) is 7.78. The number of hydrogen-bond donors (Lipinski definition) is 2. The largest absolute Gasteiger partial charge is 0.390 e. The minimum atomic E-state index is -0.467. The first-order chi connectivity index (χ1) is 4.55. The number of rotatable bonds is 2. The predicted octanol–water partition coefficient (Wildman–Crippen LogP) is 0.613. The lowest BCUT2D eigenvalue weighted by atomic mass is 9.77. The van der Waals surface area contributed by atoms with E-state index in [1.54, 1.807) is 0 Å². The molecular weight excluding hydrogens is 126 g/mol. The fraction of sp³-hybridized carbons (Fsp3) is 1.00. The molecule has 2 N–H and O–H groups in total. The van der Waals surface area contributed by atoms with Crippen LogP contribution >= 0.6 is 0 Å². The van der Waals surface area contributed by atoms with Crippen LogP contribution in [0.2, 0.25) is 0 Å². The van der Waals surface area contributed by atoms with Crippen LogP contribution in [0.3, 0.4) is 0 Å². The molecule has 60 valence electrons. The summed E-state index contributed by atoms with van der Waals surface area (Å²) in [4.78, 5) is 0. The van der Waals surface area contributed by atoms with Crippen molar-refractivity contribution in [1.29, 1.82) is 0 Å². The van der Waals surface area contributed by atoms with Crippen LogP contribution in [0.1, 0.15) is 20.8 Å². The molecular formula is C8H17NO. The Hall–Kier alpha value is -0.0800. The van der Waals surface area contributed by atoms with Crippen LogP contribution in [-0.2, 0) is 0 Å². The fourth-order valence-electron chi connectivity index (χ4n) is 1.17. The SMILES string of the molecule is CC(C)C(C)(O)C1CNC1. The van der Waals surface area contributed by atoms with E-state index in [0.29, 0.717) is 11.8 Å². The van der Waals surface area contributed by atoms with Gasteiger partial charge in [0.1, 0.15) is 0 Å². The topological polar surface area (TPSA) is 32.3 Å². The van der Waals surface area contributed by atoms with E-state index in [-0.39, 0.29) is 0 Å². The lowest BCUT2D eigenvalue weighted by molar-refractivity contribution is -0.0599. The van der Waals surface area contributed by atoms with Gasteiger partial charge in [-0.3, -0.25) is 0 Å². The molecule has 2 heteroatoms. The Bertz CT molecular complexity index is 116. The number of hydrogen-bond acceptors (Lipinski definition) is 2. The molecule has 0 saturated carbocycles. The standard InChI is InChI=1S/C8H17NO/c1-6(2)8(3,10)7-4-9-5-7/h6-7,9-10H,4-5H2,1-3H3. The second kappa shape index (κ2) is 2.51. The lowest BCUT2D eigenvalue weighted by Crippen LogP contribution is -2.56. The zero-order valence-electron chi connectivity index (χ0n) is 7.02. The average molecular weight is 143 g/mol. The number of nitrogens with one attached hydrogen (secondary N) is 1. The normalized spacial score (nSPS) is 26.1. The minimum Gasteiger partial charge on any atom is -0.390 e. The molecule has 0 aromatic heterocycles. The van der Waals surface area contributed by atoms with Crippen LogP contribution < -0.4 is 5.32 Å². The summed E-state index contributed by atoms with van der Waals surface area (Å²) in [6.07, 6.45) is 0. The Labute approximate surface area is 62.6 Å². The lowest BCUT2D eigenvalue weighted by Gasteiger charge is -2.42. The summed E-state index contributed by atoms with van der Waals surface area (Å²) in [6.45, 7) is 8.02. The molecule has 1 unspecified atom stereocenters. The molecule has 1 saturated heterocycles. The van der Waals surface area contributed by atoms with Gasteiger partial charge in [0.2, 0.25) is 0 Å². The van der Waals surface area contributed by atoms with E-state index in [4.69, 9.17) is 0 Å². The van der Waals surface area contributed by atoms with E-state index >= 15 is 0 Å². The van der Waals surface area contributed by atoms with E-state index < -0.39 is 5.60 Å². The van der Waals surface area contributed by atoms with Crippen molar-refractivity contribution in [3.8, 4) is 0 Å². The highest BCUT2D eigenvalue weighted by atomic mass is 16.3. The molecule has 1 atom stereocenters. The smallest absolute Gasteiger partial charge is 0.0694 e. The minimum absolute atomic E-state index is 0.361. The molecule has 0 spiro atoms. The molecule has 1 rings (SSSR count). The van der Waals surface area contributed by atoms with Gasteiger partial charge < -0.3 is 10.4 Å². The van der Waals surface area contributed by atoms with Crippen LogP contribution in [0.4, 0.5) is 0 Å². The summed E-state index contributed by atoms with van der Waals surface area (Å²) < 4.78 is 0. The molecule has 0 aromatic rings. The van der Waals surface area contributed by atoms with Crippen LogP contribution in [-0.4, -0.2) is 23.8 Å². The highest BCUT2D eigenvalue weighted by Gasteiger charge is 2.38. The summed E-state index contributed by atoms with van der Waals surface area (Å²) in [7, 11) is 0. The maximum atomic E-state index is 9.87. The molecule has 1 heterocycles. The van der Waals surface area contributed by atoms with Gasteiger partial charge in [-0.15, -0.1) is 0 Å². The van der Waals surface area contributed by atoms with Crippen molar-refractivity contribution in [3.63, 3.8) is 0 Å². The monoisotopic (exact) mass is 143 g/mol. The zero-order valence-corrected chi connectivity index (χ0v) is 7.02. The summed E-state index contributed by atoms with van der Waals surface area (Å²) in [5, 5.41) is 13.0. The van der Waals surface area contributed by atoms with E-state index in [2.05, 4.69) is 19.2 Å². The van der Waals surface area contributed by atoms with Gasteiger partial charge in [-0.25, -0.2) is 0 Å². The van der Waals surface area contributed by atoms with Crippen molar-refractivity contribution in [2.75, 3.05) is 13.1 Å². The summed E-state index contributed by atoms with van der Waals surface area (Å²) in [5.41, 5.74) is -0.467. The third kappa shape index (κ3) is 1.18. The van der Waals surface area contributed by atoms with E-state index in [1.807, 2.05) is 6.92 Å². The molecule has 0 aromatic carbocycles. The second-order valence-corrected chi connectivity index (χ2v) is 3.74. The van der Waals surface area contributed by atoms with Crippen molar-refractivity contribution in [1.82, 2.24) is 5.32 Å². The molecule has 1 aliphatic rings. The summed E-state index contributed by atoms with van der Waals surface area (Å²) >= 11 is 0. The average Bonchev–Trinajstić information content (AvgIpc) is 1.57. The Balaban J connectivity index is 2.48. The predicted molar refractivity (Wildman–Crippen MR) is 41.8 cm³/mol. The van der Waals surface area contributed by atoms with Crippen LogP contribution in [0.25, 0.3) is 0 Å². The Kier molecular flexibility index (Phi) is 2.02. The third-order valence-electron chi connectivity index (χ3n) is 2.78.